The van der Waals surface area contributed by atoms with Crippen molar-refractivity contribution in [1.29, 1.82) is 0 Å². The molecule has 2 aromatic heterocycles. The van der Waals surface area contributed by atoms with Gasteiger partial charge in [-0.15, -0.1) is 0 Å². The third-order valence-electron chi connectivity index (χ3n) is 4.51. The molecule has 1 fully saturated rings. The van der Waals surface area contributed by atoms with Crippen molar-refractivity contribution in [2.45, 2.75) is 25.5 Å². The number of rotatable bonds is 5. The lowest BCUT2D eigenvalue weighted by atomic mass is 10.1. The lowest BCUT2D eigenvalue weighted by molar-refractivity contribution is 0.0554. The van der Waals surface area contributed by atoms with Gasteiger partial charge < -0.3 is 24.7 Å². The van der Waals surface area contributed by atoms with Crippen LogP contribution in [0.2, 0.25) is 0 Å². The van der Waals surface area contributed by atoms with Crippen LogP contribution in [0.3, 0.4) is 0 Å². The minimum absolute atomic E-state index is 0.0606. The van der Waals surface area contributed by atoms with Crippen LogP contribution in [0.4, 0.5) is 4.79 Å². The highest BCUT2D eigenvalue weighted by atomic mass is 16.6. The standard InChI is InChI=1S/C17H22N4O4/c1-24-13-10-15-14(19-11-13)2-3-16(22)21(15)9-8-20-6-4-12(5-7-20)25-17(18)23/h2-3,10-12H,4-9H2,1H3,(H2,18,23). The zero-order valence-corrected chi connectivity index (χ0v) is 14.2. The Morgan fingerprint density at radius 2 is 2.08 bits per heavy atom. The second kappa shape index (κ2) is 7.52. The Bertz CT molecular complexity index is 812. The van der Waals surface area contributed by atoms with E-state index >= 15 is 0 Å². The molecule has 1 aliphatic rings. The Hall–Kier alpha value is -2.61. The van der Waals surface area contributed by atoms with Crippen LogP contribution in [0, 0.1) is 0 Å². The van der Waals surface area contributed by atoms with Crippen molar-refractivity contribution in [1.82, 2.24) is 14.5 Å². The van der Waals surface area contributed by atoms with E-state index in [1.807, 2.05) is 6.07 Å². The van der Waals surface area contributed by atoms with Gasteiger partial charge in [0.25, 0.3) is 5.56 Å². The first-order valence-corrected chi connectivity index (χ1v) is 8.29. The van der Waals surface area contributed by atoms with Crippen LogP contribution in [0.1, 0.15) is 12.8 Å². The summed E-state index contributed by atoms with van der Waals surface area (Å²) >= 11 is 0. The molecule has 3 heterocycles. The molecule has 1 amide bonds. The molecule has 25 heavy (non-hydrogen) atoms. The number of methoxy groups -OCH3 is 1. The van der Waals surface area contributed by atoms with Crippen molar-refractivity contribution >= 4 is 17.1 Å². The number of fused-ring (bicyclic) bond motifs is 1. The molecule has 0 radical (unpaired) electrons. The van der Waals surface area contributed by atoms with E-state index in [-0.39, 0.29) is 11.7 Å². The van der Waals surface area contributed by atoms with Crippen LogP contribution in [0.15, 0.2) is 29.2 Å². The van der Waals surface area contributed by atoms with Gasteiger partial charge in [0.1, 0.15) is 11.9 Å². The van der Waals surface area contributed by atoms with Gasteiger partial charge >= 0.3 is 6.09 Å². The van der Waals surface area contributed by atoms with E-state index in [0.29, 0.717) is 12.3 Å². The number of primary amides is 1. The number of pyridine rings is 2. The second-order valence-electron chi connectivity index (χ2n) is 6.08. The predicted molar refractivity (Wildman–Crippen MR) is 92.7 cm³/mol. The SMILES string of the molecule is COc1cnc2ccc(=O)n(CCN3CCC(OC(N)=O)CC3)c2c1. The largest absolute Gasteiger partial charge is 0.495 e. The highest BCUT2D eigenvalue weighted by Gasteiger charge is 2.21. The number of ether oxygens (including phenoxy) is 2. The highest BCUT2D eigenvalue weighted by molar-refractivity contribution is 5.75. The maximum Gasteiger partial charge on any atom is 0.404 e. The summed E-state index contributed by atoms with van der Waals surface area (Å²) in [7, 11) is 1.58. The summed E-state index contributed by atoms with van der Waals surface area (Å²) in [6.45, 7) is 2.91. The number of amides is 1. The number of carbonyl (C=O) groups is 1. The van der Waals surface area contributed by atoms with E-state index in [0.717, 1.165) is 43.5 Å². The fourth-order valence-corrected chi connectivity index (χ4v) is 3.15. The first-order chi connectivity index (χ1) is 12.1. The average Bonchev–Trinajstić information content (AvgIpc) is 2.61. The van der Waals surface area contributed by atoms with Gasteiger partial charge in [-0.3, -0.25) is 9.78 Å². The summed E-state index contributed by atoms with van der Waals surface area (Å²) in [5.41, 5.74) is 6.52. The Morgan fingerprint density at radius 1 is 1.32 bits per heavy atom. The number of hydrogen-bond donors (Lipinski definition) is 1. The van der Waals surface area contributed by atoms with Gasteiger partial charge in [0.05, 0.1) is 24.3 Å². The molecule has 0 saturated carbocycles. The molecule has 0 spiro atoms. The summed E-state index contributed by atoms with van der Waals surface area (Å²) < 4.78 is 12.0. The summed E-state index contributed by atoms with van der Waals surface area (Å²) in [6, 6.07) is 5.09. The van der Waals surface area contributed by atoms with Crippen LogP contribution in [0.5, 0.6) is 5.75 Å². The van der Waals surface area contributed by atoms with Crippen molar-refractivity contribution < 1.29 is 14.3 Å². The van der Waals surface area contributed by atoms with E-state index in [2.05, 4.69) is 9.88 Å². The minimum Gasteiger partial charge on any atom is -0.495 e. The Labute approximate surface area is 145 Å². The first kappa shape index (κ1) is 17.2. The molecule has 0 aromatic carbocycles. The van der Waals surface area contributed by atoms with Gasteiger partial charge in [0, 0.05) is 38.3 Å². The van der Waals surface area contributed by atoms with E-state index in [9.17, 15) is 9.59 Å². The van der Waals surface area contributed by atoms with Gasteiger partial charge in [-0.05, 0) is 18.9 Å². The van der Waals surface area contributed by atoms with Crippen molar-refractivity contribution in [3.63, 3.8) is 0 Å². The van der Waals surface area contributed by atoms with Gasteiger partial charge in [-0.1, -0.05) is 0 Å². The summed E-state index contributed by atoms with van der Waals surface area (Å²) in [5.74, 6) is 0.622. The molecule has 2 aromatic rings. The summed E-state index contributed by atoms with van der Waals surface area (Å²) in [5, 5.41) is 0. The predicted octanol–water partition coefficient (Wildman–Crippen LogP) is 0.965. The monoisotopic (exact) mass is 346 g/mol. The maximum atomic E-state index is 12.3. The average molecular weight is 346 g/mol. The zero-order valence-electron chi connectivity index (χ0n) is 14.2. The smallest absolute Gasteiger partial charge is 0.404 e. The van der Waals surface area contributed by atoms with Crippen molar-refractivity contribution in [3.8, 4) is 5.75 Å². The zero-order chi connectivity index (χ0) is 17.8. The molecule has 2 N–H and O–H groups in total. The maximum absolute atomic E-state index is 12.3. The number of likely N-dealkylation sites (tertiary alicyclic amines) is 1. The number of piperidine rings is 1. The topological polar surface area (TPSA) is 99.7 Å². The Kier molecular flexibility index (Phi) is 5.18. The molecule has 134 valence electrons. The van der Waals surface area contributed by atoms with E-state index < -0.39 is 6.09 Å². The second-order valence-corrected chi connectivity index (χ2v) is 6.08. The number of carbonyl (C=O) groups excluding carboxylic acids is 1. The molecule has 8 nitrogen and oxygen atoms in total. The molecule has 8 heteroatoms. The normalized spacial score (nSPS) is 16.0. The van der Waals surface area contributed by atoms with Crippen molar-refractivity contribution in [2.75, 3.05) is 26.7 Å². The van der Waals surface area contributed by atoms with Gasteiger partial charge in [0.15, 0.2) is 0 Å². The molecule has 0 unspecified atom stereocenters. The molecule has 0 atom stereocenters. The highest BCUT2D eigenvalue weighted by Crippen LogP contribution is 2.17. The van der Waals surface area contributed by atoms with Crippen molar-refractivity contribution in [3.05, 3.63) is 34.7 Å². The van der Waals surface area contributed by atoms with E-state index in [1.165, 1.54) is 6.07 Å². The number of nitrogens with two attached hydrogens (primary N) is 1. The lowest BCUT2D eigenvalue weighted by Gasteiger charge is -2.31. The van der Waals surface area contributed by atoms with E-state index in [1.54, 1.807) is 23.9 Å². The van der Waals surface area contributed by atoms with Crippen LogP contribution >= 0.6 is 0 Å². The number of nitrogens with zero attached hydrogens (tertiary/aromatic N) is 3. The molecule has 0 aliphatic carbocycles. The molecule has 0 bridgehead atoms. The van der Waals surface area contributed by atoms with Crippen LogP contribution in [0.25, 0.3) is 11.0 Å². The summed E-state index contributed by atoms with van der Waals surface area (Å²) in [6.07, 6.45) is 2.32. The first-order valence-electron chi connectivity index (χ1n) is 8.29. The third kappa shape index (κ3) is 4.08. The Balaban J connectivity index is 1.68. The van der Waals surface area contributed by atoms with Crippen LogP contribution in [-0.4, -0.2) is 53.4 Å². The molecule has 3 rings (SSSR count). The minimum atomic E-state index is -0.720. The number of aromatic nitrogens is 2. The lowest BCUT2D eigenvalue weighted by Crippen LogP contribution is -2.40. The van der Waals surface area contributed by atoms with Crippen molar-refractivity contribution in [2.24, 2.45) is 5.73 Å². The van der Waals surface area contributed by atoms with Gasteiger partial charge in [-0.2, -0.15) is 0 Å². The molecule has 1 saturated heterocycles. The molecule has 1 aliphatic heterocycles. The fraction of sp³-hybridized carbons (Fsp3) is 0.471. The summed E-state index contributed by atoms with van der Waals surface area (Å²) in [4.78, 5) is 29.7. The van der Waals surface area contributed by atoms with Gasteiger partial charge in [-0.25, -0.2) is 4.79 Å². The molecular formula is C17H22N4O4. The van der Waals surface area contributed by atoms with Gasteiger partial charge in [0.2, 0.25) is 0 Å². The van der Waals surface area contributed by atoms with Crippen LogP contribution < -0.4 is 16.0 Å². The molecular weight excluding hydrogens is 324 g/mol. The van der Waals surface area contributed by atoms with Crippen LogP contribution in [-0.2, 0) is 11.3 Å². The third-order valence-corrected chi connectivity index (χ3v) is 4.51. The van der Waals surface area contributed by atoms with E-state index in [4.69, 9.17) is 15.2 Å². The number of hydrogen-bond acceptors (Lipinski definition) is 6. The Morgan fingerprint density at radius 3 is 2.76 bits per heavy atom. The fourth-order valence-electron chi connectivity index (χ4n) is 3.15. The quantitative estimate of drug-likeness (QED) is 0.866.